The first-order chi connectivity index (χ1) is 7.74. The molecular weight excluding hydrogens is 222 g/mol. The number of unbranched alkanes of at least 4 members (excludes halogenated alkanes) is 1. The van der Waals surface area contributed by atoms with Crippen molar-refractivity contribution < 1.29 is 9.53 Å². The number of rotatable bonds is 7. The van der Waals surface area contributed by atoms with Crippen molar-refractivity contribution in [2.75, 3.05) is 13.2 Å². The molecule has 90 valence electrons. The molecule has 0 aliphatic carbocycles. The van der Waals surface area contributed by atoms with Crippen molar-refractivity contribution in [2.24, 2.45) is 0 Å². The molecule has 4 heteroatoms. The second kappa shape index (κ2) is 7.41. The van der Waals surface area contributed by atoms with Gasteiger partial charge in [-0.3, -0.25) is 10.1 Å². The molecular formula is C12H19NO2S. The van der Waals surface area contributed by atoms with Crippen LogP contribution in [-0.4, -0.2) is 19.1 Å². The minimum atomic E-state index is -0.170. The van der Waals surface area contributed by atoms with Gasteiger partial charge in [0.05, 0.1) is 13.2 Å². The molecule has 1 rings (SSSR count). The summed E-state index contributed by atoms with van der Waals surface area (Å²) in [5.74, 6) is -0.170. The van der Waals surface area contributed by atoms with Crippen LogP contribution in [0.2, 0.25) is 0 Å². The summed E-state index contributed by atoms with van der Waals surface area (Å²) >= 11 is 1.69. The second-order valence-electron chi connectivity index (χ2n) is 3.69. The molecule has 0 fully saturated rings. The maximum atomic E-state index is 11.3. The van der Waals surface area contributed by atoms with E-state index in [0.29, 0.717) is 6.61 Å². The zero-order chi connectivity index (χ0) is 11.8. The third kappa shape index (κ3) is 4.77. The fourth-order valence-electron chi connectivity index (χ4n) is 1.26. The topological polar surface area (TPSA) is 38.3 Å². The summed E-state index contributed by atoms with van der Waals surface area (Å²) in [6.07, 6.45) is 1.98. The summed E-state index contributed by atoms with van der Waals surface area (Å²) in [7, 11) is 0. The number of hydrogen-bond donors (Lipinski definition) is 1. The van der Waals surface area contributed by atoms with Crippen molar-refractivity contribution in [3.63, 3.8) is 0 Å². The van der Waals surface area contributed by atoms with E-state index in [1.54, 1.807) is 11.3 Å². The predicted molar refractivity (Wildman–Crippen MR) is 66.6 cm³/mol. The maximum absolute atomic E-state index is 11.3. The van der Waals surface area contributed by atoms with Gasteiger partial charge in [-0.05, 0) is 24.8 Å². The van der Waals surface area contributed by atoms with E-state index in [9.17, 15) is 4.79 Å². The highest BCUT2D eigenvalue weighted by Gasteiger charge is 2.08. The van der Waals surface area contributed by atoms with Crippen LogP contribution in [0.4, 0.5) is 0 Å². The molecule has 0 aliphatic heterocycles. The van der Waals surface area contributed by atoms with Crippen molar-refractivity contribution >= 4 is 17.3 Å². The minimum Gasteiger partial charge on any atom is -0.465 e. The van der Waals surface area contributed by atoms with Gasteiger partial charge in [0.15, 0.2) is 0 Å². The molecule has 1 unspecified atom stereocenters. The minimum absolute atomic E-state index is 0.170. The molecule has 1 heterocycles. The van der Waals surface area contributed by atoms with Crippen LogP contribution in [0.25, 0.3) is 0 Å². The zero-order valence-electron chi connectivity index (χ0n) is 9.86. The number of hydrogen-bond acceptors (Lipinski definition) is 4. The van der Waals surface area contributed by atoms with Gasteiger partial charge >= 0.3 is 5.97 Å². The summed E-state index contributed by atoms with van der Waals surface area (Å²) in [6, 6.07) is 4.28. The van der Waals surface area contributed by atoms with Crippen LogP contribution >= 0.6 is 11.3 Å². The number of ether oxygens (including phenoxy) is 1. The van der Waals surface area contributed by atoms with Crippen LogP contribution in [0, 0.1) is 0 Å². The van der Waals surface area contributed by atoms with E-state index in [4.69, 9.17) is 4.74 Å². The third-order valence-corrected chi connectivity index (χ3v) is 3.34. The summed E-state index contributed by atoms with van der Waals surface area (Å²) in [5.41, 5.74) is 0. The van der Waals surface area contributed by atoms with Crippen molar-refractivity contribution in [3.05, 3.63) is 22.4 Å². The molecule has 0 bridgehead atoms. The molecule has 0 spiro atoms. The van der Waals surface area contributed by atoms with E-state index in [2.05, 4.69) is 18.3 Å². The van der Waals surface area contributed by atoms with Gasteiger partial charge in [-0.25, -0.2) is 0 Å². The molecule has 0 aromatic carbocycles. The number of carbonyl (C=O) groups is 1. The first-order valence-electron chi connectivity index (χ1n) is 5.66. The SMILES string of the molecule is CCCCOC(=O)CNC(C)c1cccs1. The summed E-state index contributed by atoms with van der Waals surface area (Å²) in [4.78, 5) is 12.5. The van der Waals surface area contributed by atoms with Crippen molar-refractivity contribution in [1.29, 1.82) is 0 Å². The molecule has 0 aliphatic rings. The monoisotopic (exact) mass is 241 g/mol. The number of thiophene rings is 1. The molecule has 1 aromatic rings. The van der Waals surface area contributed by atoms with E-state index in [0.717, 1.165) is 12.8 Å². The van der Waals surface area contributed by atoms with Crippen molar-refractivity contribution in [2.45, 2.75) is 32.7 Å². The average molecular weight is 241 g/mol. The molecule has 1 aromatic heterocycles. The maximum Gasteiger partial charge on any atom is 0.319 e. The lowest BCUT2D eigenvalue weighted by Crippen LogP contribution is -2.27. The summed E-state index contributed by atoms with van der Waals surface area (Å²) in [6.45, 7) is 4.93. The predicted octanol–water partition coefficient (Wildman–Crippen LogP) is 2.74. The Morgan fingerprint density at radius 3 is 3.06 bits per heavy atom. The van der Waals surface area contributed by atoms with E-state index in [1.807, 2.05) is 18.4 Å². The largest absolute Gasteiger partial charge is 0.465 e. The van der Waals surface area contributed by atoms with Crippen LogP contribution in [0.15, 0.2) is 17.5 Å². The highest BCUT2D eigenvalue weighted by Crippen LogP contribution is 2.17. The average Bonchev–Trinajstić information content (AvgIpc) is 2.79. The molecule has 1 N–H and O–H groups in total. The molecule has 0 amide bonds. The van der Waals surface area contributed by atoms with Crippen LogP contribution in [0.1, 0.15) is 37.6 Å². The van der Waals surface area contributed by atoms with Gasteiger partial charge in [0.1, 0.15) is 0 Å². The van der Waals surface area contributed by atoms with E-state index < -0.39 is 0 Å². The lowest BCUT2D eigenvalue weighted by Gasteiger charge is -2.11. The Bertz CT molecular complexity index is 298. The normalized spacial score (nSPS) is 12.4. The first-order valence-corrected chi connectivity index (χ1v) is 6.54. The van der Waals surface area contributed by atoms with Gasteiger partial charge in [-0.1, -0.05) is 19.4 Å². The quantitative estimate of drug-likeness (QED) is 0.589. The first kappa shape index (κ1) is 13.2. The Morgan fingerprint density at radius 2 is 2.44 bits per heavy atom. The molecule has 0 saturated carbocycles. The number of carbonyl (C=O) groups excluding carboxylic acids is 1. The highest BCUT2D eigenvalue weighted by molar-refractivity contribution is 7.10. The molecule has 0 radical (unpaired) electrons. The van der Waals surface area contributed by atoms with Gasteiger partial charge in [-0.15, -0.1) is 11.3 Å². The lowest BCUT2D eigenvalue weighted by atomic mass is 10.3. The summed E-state index contributed by atoms with van der Waals surface area (Å²) in [5, 5.41) is 5.18. The second-order valence-corrected chi connectivity index (χ2v) is 4.67. The van der Waals surface area contributed by atoms with Crippen molar-refractivity contribution in [3.8, 4) is 0 Å². The molecule has 0 saturated heterocycles. The number of nitrogens with one attached hydrogen (secondary N) is 1. The van der Waals surface area contributed by atoms with Crippen LogP contribution < -0.4 is 5.32 Å². The Balaban J connectivity index is 2.16. The molecule has 3 nitrogen and oxygen atoms in total. The fraction of sp³-hybridized carbons (Fsp3) is 0.583. The van der Waals surface area contributed by atoms with E-state index >= 15 is 0 Å². The summed E-state index contributed by atoms with van der Waals surface area (Å²) < 4.78 is 5.05. The van der Waals surface area contributed by atoms with Crippen LogP contribution in [-0.2, 0) is 9.53 Å². The van der Waals surface area contributed by atoms with Gasteiger partial charge in [-0.2, -0.15) is 0 Å². The standard InChI is InChI=1S/C12H19NO2S/c1-3-4-7-15-12(14)9-13-10(2)11-6-5-8-16-11/h5-6,8,10,13H,3-4,7,9H2,1-2H3. The van der Waals surface area contributed by atoms with E-state index in [1.165, 1.54) is 4.88 Å². The molecule has 1 atom stereocenters. The Hall–Kier alpha value is -0.870. The lowest BCUT2D eigenvalue weighted by molar-refractivity contribution is -0.142. The molecule has 16 heavy (non-hydrogen) atoms. The smallest absolute Gasteiger partial charge is 0.319 e. The zero-order valence-corrected chi connectivity index (χ0v) is 10.7. The number of esters is 1. The Morgan fingerprint density at radius 1 is 1.62 bits per heavy atom. The van der Waals surface area contributed by atoms with Gasteiger partial charge in [0.2, 0.25) is 0 Å². The Kier molecular flexibility index (Phi) is 6.11. The fourth-order valence-corrected chi connectivity index (χ4v) is 2.01. The van der Waals surface area contributed by atoms with Gasteiger partial charge < -0.3 is 4.74 Å². The third-order valence-electron chi connectivity index (χ3n) is 2.28. The van der Waals surface area contributed by atoms with Crippen LogP contribution in [0.3, 0.4) is 0 Å². The van der Waals surface area contributed by atoms with Crippen molar-refractivity contribution in [1.82, 2.24) is 5.32 Å². The van der Waals surface area contributed by atoms with Crippen LogP contribution in [0.5, 0.6) is 0 Å². The van der Waals surface area contributed by atoms with E-state index in [-0.39, 0.29) is 18.6 Å². The van der Waals surface area contributed by atoms with Gasteiger partial charge in [0.25, 0.3) is 0 Å². The van der Waals surface area contributed by atoms with Gasteiger partial charge in [0, 0.05) is 10.9 Å². The Labute approximate surface area is 101 Å². The highest BCUT2D eigenvalue weighted by atomic mass is 32.1.